The first-order valence-corrected chi connectivity index (χ1v) is 12.6. The summed E-state index contributed by atoms with van der Waals surface area (Å²) in [6, 6.07) is 16.6. The number of thiocarbonyl (C=S) groups is 1. The number of amides is 2. The molecule has 6 nitrogen and oxygen atoms in total. The summed E-state index contributed by atoms with van der Waals surface area (Å²) in [5.41, 5.74) is 3.48. The van der Waals surface area contributed by atoms with Gasteiger partial charge in [0.15, 0.2) is 0 Å². The van der Waals surface area contributed by atoms with E-state index in [2.05, 4.69) is 49.1 Å². The number of para-hydroxylation sites is 1. The van der Waals surface area contributed by atoms with E-state index in [4.69, 9.17) is 17.2 Å². The Bertz CT molecular complexity index is 1280. The molecule has 3 aromatic rings. The minimum absolute atomic E-state index is 0.119. The van der Waals surface area contributed by atoms with E-state index < -0.39 is 0 Å². The normalized spacial score (nSPS) is 17.3. The van der Waals surface area contributed by atoms with Crippen LogP contribution < -0.4 is 4.90 Å². The van der Waals surface area contributed by atoms with E-state index in [1.54, 1.807) is 20.2 Å². The fourth-order valence-electron chi connectivity index (χ4n) is 4.40. The first kappa shape index (κ1) is 21.8. The van der Waals surface area contributed by atoms with Crippen molar-refractivity contribution >= 4 is 65.8 Å². The number of hydrogen-bond acceptors (Lipinski definition) is 5. The second kappa shape index (κ2) is 7.76. The molecule has 1 aromatic carbocycles. The average molecular weight is 522 g/mol. The van der Waals surface area contributed by atoms with Crippen molar-refractivity contribution in [1.29, 1.82) is 0 Å². The van der Waals surface area contributed by atoms with Crippen molar-refractivity contribution in [2.75, 3.05) is 19.0 Å². The Balaban J connectivity index is 1.61. The Morgan fingerprint density at radius 3 is 2.33 bits per heavy atom. The summed E-state index contributed by atoms with van der Waals surface area (Å²) < 4.78 is 2.05. The topological polar surface area (TPSA) is 56.8 Å². The molecule has 0 bridgehead atoms. The van der Waals surface area contributed by atoms with E-state index >= 15 is 0 Å². The summed E-state index contributed by atoms with van der Waals surface area (Å²) >= 11 is 5.07. The van der Waals surface area contributed by atoms with Crippen LogP contribution in [0.3, 0.4) is 0 Å². The summed E-state index contributed by atoms with van der Waals surface area (Å²) in [5.74, 6) is 0.182. The first-order chi connectivity index (χ1) is 15.7. The molecule has 8 heteroatoms. The number of hydrogen-bond donors (Lipinski definition) is 0. The van der Waals surface area contributed by atoms with Crippen LogP contribution in [0.4, 0.5) is 16.1 Å². The van der Waals surface area contributed by atoms with Crippen LogP contribution in [0.5, 0.6) is 0 Å². The summed E-state index contributed by atoms with van der Waals surface area (Å²) in [7, 11) is 3.18. The molecule has 2 amide bonds. The summed E-state index contributed by atoms with van der Waals surface area (Å²) in [4.78, 5) is 35.1. The van der Waals surface area contributed by atoms with Crippen LogP contribution in [0.25, 0.3) is 6.08 Å². The van der Waals surface area contributed by atoms with Crippen molar-refractivity contribution in [3.8, 4) is 0 Å². The van der Waals surface area contributed by atoms with Gasteiger partial charge in [0.05, 0.1) is 0 Å². The van der Waals surface area contributed by atoms with E-state index in [1.165, 1.54) is 20.9 Å². The van der Waals surface area contributed by atoms with E-state index in [0.717, 1.165) is 20.5 Å². The third kappa shape index (κ3) is 3.29. The standard InChI is InChI=1S/C25H22N4O2SSe/c1-25(2)17-8-5-6-10-19(17)29(21-18(25)9-7-13-26-21)20-12-11-15(33-20)14-16-22(30)27(3)24(32)28(4)23(16)31/h5-14H,1-4H3. The second-order valence-corrected chi connectivity index (χ2v) is 11.3. The Morgan fingerprint density at radius 2 is 1.61 bits per heavy atom. The van der Waals surface area contributed by atoms with Gasteiger partial charge >= 0.3 is 204 Å². The van der Waals surface area contributed by atoms with E-state index in [0.29, 0.717) is 0 Å². The monoisotopic (exact) mass is 522 g/mol. The molecule has 2 aliphatic rings. The molecule has 0 N–H and O–H groups in total. The maximum absolute atomic E-state index is 12.7. The molecule has 0 unspecified atom stereocenters. The van der Waals surface area contributed by atoms with Crippen LogP contribution in [0.1, 0.15) is 29.4 Å². The number of likely N-dealkylation sites (N-methyl/N-ethyl adjacent to an activating group) is 2. The van der Waals surface area contributed by atoms with Gasteiger partial charge in [-0.3, -0.25) is 0 Å². The van der Waals surface area contributed by atoms with Crippen LogP contribution in [-0.4, -0.2) is 60.3 Å². The van der Waals surface area contributed by atoms with Crippen LogP contribution in [0.15, 0.2) is 60.3 Å². The number of benzene rings is 1. The molecule has 1 saturated heterocycles. The molecule has 33 heavy (non-hydrogen) atoms. The van der Waals surface area contributed by atoms with Crippen molar-refractivity contribution in [1.82, 2.24) is 14.8 Å². The van der Waals surface area contributed by atoms with Crippen molar-refractivity contribution < 1.29 is 9.59 Å². The molecular weight excluding hydrogens is 499 g/mol. The van der Waals surface area contributed by atoms with Crippen molar-refractivity contribution in [3.63, 3.8) is 0 Å². The zero-order valence-corrected chi connectivity index (χ0v) is 21.2. The van der Waals surface area contributed by atoms with Gasteiger partial charge in [-0.25, -0.2) is 0 Å². The third-order valence-electron chi connectivity index (χ3n) is 6.25. The number of fused-ring (bicyclic) bond motifs is 2. The van der Waals surface area contributed by atoms with Crippen molar-refractivity contribution in [2.24, 2.45) is 0 Å². The predicted octanol–water partition coefficient (Wildman–Crippen LogP) is 3.85. The van der Waals surface area contributed by atoms with Crippen molar-refractivity contribution in [2.45, 2.75) is 19.3 Å². The molecule has 5 rings (SSSR count). The molecule has 0 atom stereocenters. The van der Waals surface area contributed by atoms with E-state index in [1.807, 2.05) is 24.4 Å². The van der Waals surface area contributed by atoms with Crippen LogP contribution >= 0.6 is 12.2 Å². The van der Waals surface area contributed by atoms with Gasteiger partial charge in [0.1, 0.15) is 0 Å². The van der Waals surface area contributed by atoms with E-state index in [-0.39, 0.29) is 42.4 Å². The van der Waals surface area contributed by atoms with Gasteiger partial charge in [0.25, 0.3) is 0 Å². The van der Waals surface area contributed by atoms with Crippen LogP contribution in [-0.2, 0) is 15.0 Å². The average Bonchev–Trinajstić information content (AvgIpc) is 3.28. The molecule has 0 spiro atoms. The predicted molar refractivity (Wildman–Crippen MR) is 134 cm³/mol. The molecule has 166 valence electrons. The molecule has 2 aromatic heterocycles. The van der Waals surface area contributed by atoms with Gasteiger partial charge in [-0.05, 0) is 0 Å². The zero-order valence-electron chi connectivity index (χ0n) is 18.7. The SMILES string of the molecule is CN1C(=O)C(=Cc2ccc(N3c4ccccc4C(C)(C)c4cccnc43)[se]2)C(=O)N(C)C1=S. The Morgan fingerprint density at radius 1 is 0.939 bits per heavy atom. The van der Waals surface area contributed by atoms with E-state index in [9.17, 15) is 9.59 Å². The third-order valence-corrected chi connectivity index (χ3v) is 8.94. The molecule has 0 radical (unpaired) electrons. The van der Waals surface area contributed by atoms with Gasteiger partial charge in [0, 0.05) is 0 Å². The zero-order chi connectivity index (χ0) is 23.5. The van der Waals surface area contributed by atoms with Gasteiger partial charge in [-0.15, -0.1) is 0 Å². The molecular formula is C25H22N4O2SSe. The molecule has 0 saturated carbocycles. The maximum atomic E-state index is 12.7. The summed E-state index contributed by atoms with van der Waals surface area (Å²) in [6.07, 6.45) is 3.53. The Labute approximate surface area is 203 Å². The van der Waals surface area contributed by atoms with Gasteiger partial charge in [-0.1, -0.05) is 0 Å². The van der Waals surface area contributed by atoms with Crippen LogP contribution in [0.2, 0.25) is 0 Å². The summed E-state index contributed by atoms with van der Waals surface area (Å²) in [6.45, 7) is 4.45. The Kier molecular flexibility index (Phi) is 5.12. The van der Waals surface area contributed by atoms with Gasteiger partial charge < -0.3 is 0 Å². The molecule has 4 heterocycles. The number of pyridine rings is 1. The number of nitrogens with zero attached hydrogens (tertiary/aromatic N) is 4. The second-order valence-electron chi connectivity index (χ2n) is 8.60. The summed E-state index contributed by atoms with van der Waals surface area (Å²) in [5, 5.41) is 0.210. The fourth-order valence-corrected chi connectivity index (χ4v) is 6.59. The van der Waals surface area contributed by atoms with Crippen LogP contribution in [0, 0.1) is 0 Å². The number of carbonyl (C=O) groups is 2. The molecule has 2 aliphatic heterocycles. The number of rotatable bonds is 2. The first-order valence-electron chi connectivity index (χ1n) is 10.5. The molecule has 1 fully saturated rings. The number of anilines is 3. The molecule has 0 aliphatic carbocycles. The quantitative estimate of drug-likeness (QED) is 0.222. The fraction of sp³-hybridized carbons (Fsp3) is 0.200. The van der Waals surface area contributed by atoms with Crippen molar-refractivity contribution in [3.05, 3.63) is 75.9 Å². The Hall–Kier alpha value is -3.06. The number of carbonyl (C=O) groups excluding carboxylic acids is 2. The number of aromatic nitrogens is 1. The van der Waals surface area contributed by atoms with Gasteiger partial charge in [-0.2, -0.15) is 0 Å². The minimum atomic E-state index is -0.370. The van der Waals surface area contributed by atoms with Gasteiger partial charge in [0.2, 0.25) is 0 Å².